The molecule has 1 aliphatic heterocycles. The predicted octanol–water partition coefficient (Wildman–Crippen LogP) is 3.06. The second kappa shape index (κ2) is 8.90. The standard InChI is InChI=1S/C16H24N2O2.ClH/c1-13(2)10-15-11-18(9-8-17-15)16(19)20-12-14-6-4-3-5-7-14;/h3-7,13,15,17H,8-12H2,1-2H3;1H/t15-;/m0./s1. The number of carbonyl (C=O) groups excluding carboxylic acids is 1. The van der Waals surface area contributed by atoms with Gasteiger partial charge in [-0.25, -0.2) is 4.79 Å². The quantitative estimate of drug-likeness (QED) is 0.929. The molecule has 0 unspecified atom stereocenters. The van der Waals surface area contributed by atoms with Crippen LogP contribution in [-0.4, -0.2) is 36.7 Å². The van der Waals surface area contributed by atoms with Crippen LogP contribution in [0.4, 0.5) is 4.79 Å². The van der Waals surface area contributed by atoms with E-state index in [2.05, 4.69) is 19.2 Å². The lowest BCUT2D eigenvalue weighted by Crippen LogP contribution is -2.53. The normalized spacial score (nSPS) is 18.2. The lowest BCUT2D eigenvalue weighted by Gasteiger charge is -2.33. The number of ether oxygens (including phenoxy) is 1. The minimum atomic E-state index is -0.205. The summed E-state index contributed by atoms with van der Waals surface area (Å²) >= 11 is 0. The van der Waals surface area contributed by atoms with Crippen LogP contribution in [0.15, 0.2) is 30.3 Å². The Bertz CT molecular complexity index is 426. The van der Waals surface area contributed by atoms with Crippen molar-refractivity contribution < 1.29 is 9.53 Å². The van der Waals surface area contributed by atoms with E-state index in [9.17, 15) is 4.79 Å². The molecular weight excluding hydrogens is 288 g/mol. The summed E-state index contributed by atoms with van der Waals surface area (Å²) in [5.74, 6) is 0.632. The molecule has 0 radical (unpaired) electrons. The average molecular weight is 313 g/mol. The van der Waals surface area contributed by atoms with Gasteiger partial charge in [0.15, 0.2) is 0 Å². The Morgan fingerprint density at radius 2 is 2.10 bits per heavy atom. The van der Waals surface area contributed by atoms with E-state index in [1.807, 2.05) is 35.2 Å². The van der Waals surface area contributed by atoms with Crippen LogP contribution in [0.1, 0.15) is 25.8 Å². The average Bonchev–Trinajstić information content (AvgIpc) is 2.45. The van der Waals surface area contributed by atoms with Gasteiger partial charge in [0.2, 0.25) is 0 Å². The summed E-state index contributed by atoms with van der Waals surface area (Å²) < 4.78 is 5.38. The highest BCUT2D eigenvalue weighted by atomic mass is 35.5. The Balaban J connectivity index is 0.00000220. The first-order valence-corrected chi connectivity index (χ1v) is 7.34. The molecule has 1 aromatic rings. The van der Waals surface area contributed by atoms with Crippen molar-refractivity contribution >= 4 is 18.5 Å². The predicted molar refractivity (Wildman–Crippen MR) is 86.7 cm³/mol. The Labute approximate surface area is 133 Å². The number of nitrogens with zero attached hydrogens (tertiary/aromatic N) is 1. The van der Waals surface area contributed by atoms with Crippen molar-refractivity contribution in [2.45, 2.75) is 32.9 Å². The molecule has 0 aromatic heterocycles. The van der Waals surface area contributed by atoms with Crippen molar-refractivity contribution in [1.82, 2.24) is 10.2 Å². The number of hydrogen-bond acceptors (Lipinski definition) is 3. The molecule has 1 aliphatic rings. The summed E-state index contributed by atoms with van der Waals surface area (Å²) in [6.45, 7) is 7.06. The van der Waals surface area contributed by atoms with Crippen LogP contribution in [-0.2, 0) is 11.3 Å². The summed E-state index contributed by atoms with van der Waals surface area (Å²) in [5.41, 5.74) is 1.02. The fourth-order valence-electron chi connectivity index (χ4n) is 2.53. The van der Waals surface area contributed by atoms with Gasteiger partial charge >= 0.3 is 6.09 Å². The van der Waals surface area contributed by atoms with E-state index >= 15 is 0 Å². The largest absolute Gasteiger partial charge is 0.445 e. The minimum absolute atomic E-state index is 0. The third-order valence-corrected chi connectivity index (χ3v) is 3.47. The fraction of sp³-hybridized carbons (Fsp3) is 0.562. The SMILES string of the molecule is CC(C)C[C@H]1CN(C(=O)OCc2ccccc2)CCN1.Cl. The molecule has 0 aliphatic carbocycles. The van der Waals surface area contributed by atoms with Gasteiger partial charge in [0.25, 0.3) is 0 Å². The molecule has 1 N–H and O–H groups in total. The van der Waals surface area contributed by atoms with Crippen LogP contribution in [0.3, 0.4) is 0 Å². The lowest BCUT2D eigenvalue weighted by atomic mass is 10.0. The van der Waals surface area contributed by atoms with Gasteiger partial charge in [-0.1, -0.05) is 44.2 Å². The van der Waals surface area contributed by atoms with Crippen molar-refractivity contribution in [3.63, 3.8) is 0 Å². The van der Waals surface area contributed by atoms with Crippen LogP contribution in [0.2, 0.25) is 0 Å². The Morgan fingerprint density at radius 3 is 2.76 bits per heavy atom. The third-order valence-electron chi connectivity index (χ3n) is 3.47. The molecule has 0 bridgehead atoms. The molecule has 1 atom stereocenters. The molecule has 1 amide bonds. The zero-order chi connectivity index (χ0) is 14.4. The molecule has 1 saturated heterocycles. The number of rotatable bonds is 4. The number of benzene rings is 1. The van der Waals surface area contributed by atoms with Crippen LogP contribution in [0.5, 0.6) is 0 Å². The highest BCUT2D eigenvalue weighted by molar-refractivity contribution is 5.85. The van der Waals surface area contributed by atoms with Gasteiger partial charge in [0.1, 0.15) is 6.61 Å². The fourth-order valence-corrected chi connectivity index (χ4v) is 2.53. The number of amides is 1. The van der Waals surface area contributed by atoms with E-state index in [1.54, 1.807) is 0 Å². The molecule has 21 heavy (non-hydrogen) atoms. The monoisotopic (exact) mass is 312 g/mol. The van der Waals surface area contributed by atoms with E-state index in [0.717, 1.165) is 31.6 Å². The first kappa shape index (κ1) is 17.8. The molecule has 4 nitrogen and oxygen atoms in total. The molecular formula is C16H25ClN2O2. The van der Waals surface area contributed by atoms with Gasteiger partial charge in [-0.3, -0.25) is 0 Å². The summed E-state index contributed by atoms with van der Waals surface area (Å²) in [4.78, 5) is 13.9. The van der Waals surface area contributed by atoms with Gasteiger partial charge in [0.05, 0.1) is 0 Å². The molecule has 1 aromatic carbocycles. The van der Waals surface area contributed by atoms with Gasteiger partial charge in [-0.05, 0) is 17.9 Å². The number of hydrogen-bond donors (Lipinski definition) is 1. The second-order valence-corrected chi connectivity index (χ2v) is 5.77. The highest BCUT2D eigenvalue weighted by Gasteiger charge is 2.24. The topological polar surface area (TPSA) is 41.6 Å². The van der Waals surface area contributed by atoms with E-state index in [0.29, 0.717) is 18.6 Å². The number of nitrogens with one attached hydrogen (secondary N) is 1. The highest BCUT2D eigenvalue weighted by Crippen LogP contribution is 2.11. The number of carbonyl (C=O) groups is 1. The number of piperazine rings is 1. The maximum Gasteiger partial charge on any atom is 0.410 e. The molecule has 0 saturated carbocycles. The maximum absolute atomic E-state index is 12.1. The molecule has 5 heteroatoms. The summed E-state index contributed by atoms with van der Waals surface area (Å²) in [6.07, 6.45) is 0.881. The van der Waals surface area contributed by atoms with Gasteiger partial charge in [0, 0.05) is 25.7 Å². The molecule has 0 spiro atoms. The van der Waals surface area contributed by atoms with Crippen molar-refractivity contribution in [2.24, 2.45) is 5.92 Å². The van der Waals surface area contributed by atoms with Crippen LogP contribution in [0, 0.1) is 5.92 Å². The zero-order valence-corrected chi connectivity index (χ0v) is 13.6. The Kier molecular flexibility index (Phi) is 7.54. The van der Waals surface area contributed by atoms with Crippen molar-refractivity contribution in [3.8, 4) is 0 Å². The smallest absolute Gasteiger partial charge is 0.410 e. The molecule has 1 fully saturated rings. The summed E-state index contributed by atoms with van der Waals surface area (Å²) in [6, 6.07) is 10.2. The van der Waals surface area contributed by atoms with Crippen LogP contribution < -0.4 is 5.32 Å². The zero-order valence-electron chi connectivity index (χ0n) is 12.7. The first-order chi connectivity index (χ1) is 9.65. The molecule has 1 heterocycles. The molecule has 2 rings (SSSR count). The maximum atomic E-state index is 12.1. The Hall–Kier alpha value is -1.26. The van der Waals surface area contributed by atoms with E-state index in [4.69, 9.17) is 4.74 Å². The first-order valence-electron chi connectivity index (χ1n) is 7.34. The lowest BCUT2D eigenvalue weighted by molar-refractivity contribution is 0.0831. The summed E-state index contributed by atoms with van der Waals surface area (Å²) in [7, 11) is 0. The van der Waals surface area contributed by atoms with E-state index in [1.165, 1.54) is 0 Å². The van der Waals surface area contributed by atoms with Gasteiger partial charge in [-0.15, -0.1) is 12.4 Å². The van der Waals surface area contributed by atoms with Gasteiger partial charge in [-0.2, -0.15) is 0 Å². The van der Waals surface area contributed by atoms with E-state index < -0.39 is 0 Å². The minimum Gasteiger partial charge on any atom is -0.445 e. The van der Waals surface area contributed by atoms with Gasteiger partial charge < -0.3 is 15.0 Å². The Morgan fingerprint density at radius 1 is 1.38 bits per heavy atom. The second-order valence-electron chi connectivity index (χ2n) is 5.77. The van der Waals surface area contributed by atoms with Crippen molar-refractivity contribution in [3.05, 3.63) is 35.9 Å². The third kappa shape index (κ3) is 5.94. The van der Waals surface area contributed by atoms with Crippen LogP contribution >= 0.6 is 12.4 Å². The molecule has 118 valence electrons. The summed E-state index contributed by atoms with van der Waals surface area (Å²) in [5, 5.41) is 3.46. The number of halogens is 1. The van der Waals surface area contributed by atoms with Crippen molar-refractivity contribution in [1.29, 1.82) is 0 Å². The van der Waals surface area contributed by atoms with Crippen molar-refractivity contribution in [2.75, 3.05) is 19.6 Å². The van der Waals surface area contributed by atoms with E-state index in [-0.39, 0.29) is 18.5 Å². The van der Waals surface area contributed by atoms with Crippen LogP contribution in [0.25, 0.3) is 0 Å².